The van der Waals surface area contributed by atoms with Gasteiger partial charge < -0.3 is 10.2 Å². The van der Waals surface area contributed by atoms with E-state index in [-0.39, 0.29) is 6.04 Å². The van der Waals surface area contributed by atoms with Crippen molar-refractivity contribution in [2.75, 3.05) is 19.6 Å². The highest BCUT2D eigenvalue weighted by Gasteiger charge is 2.29. The Balaban J connectivity index is 1.86. The minimum atomic E-state index is 0.0767. The number of likely N-dealkylation sites (N-methyl/N-ethyl adjacent to an activating group) is 1. The first-order valence-electron chi connectivity index (χ1n) is 6.98. The first-order valence-corrected chi connectivity index (χ1v) is 6.98. The van der Waals surface area contributed by atoms with Gasteiger partial charge in [-0.05, 0) is 44.6 Å². The molecule has 1 aliphatic carbocycles. The van der Waals surface area contributed by atoms with Crippen molar-refractivity contribution in [2.45, 2.75) is 45.1 Å². The zero-order chi connectivity index (χ0) is 12.1. The van der Waals surface area contributed by atoms with Crippen LogP contribution >= 0.6 is 0 Å². The minimum Gasteiger partial charge on any atom is -0.341 e. The zero-order valence-electron chi connectivity index (χ0n) is 10.8. The maximum Gasteiger partial charge on any atom is 0.239 e. The average Bonchev–Trinajstić information content (AvgIpc) is 2.36. The summed E-state index contributed by atoms with van der Waals surface area (Å²) in [6.07, 6.45) is 10.3. The SMILES string of the molecule is CCNC1CCCN(CC2CC=CCC2)C1=O. The van der Waals surface area contributed by atoms with Crippen molar-refractivity contribution >= 4 is 5.91 Å². The van der Waals surface area contributed by atoms with Crippen molar-refractivity contribution in [3.8, 4) is 0 Å². The van der Waals surface area contributed by atoms with Crippen LogP contribution in [0.3, 0.4) is 0 Å². The van der Waals surface area contributed by atoms with E-state index in [4.69, 9.17) is 0 Å². The fourth-order valence-electron chi connectivity index (χ4n) is 2.89. The van der Waals surface area contributed by atoms with Crippen LogP contribution in [0, 0.1) is 5.92 Å². The summed E-state index contributed by atoms with van der Waals surface area (Å²) in [4.78, 5) is 14.3. The normalized spacial score (nSPS) is 29.7. The molecule has 17 heavy (non-hydrogen) atoms. The molecule has 0 aromatic rings. The molecule has 2 rings (SSSR count). The summed E-state index contributed by atoms with van der Waals surface area (Å²) >= 11 is 0. The van der Waals surface area contributed by atoms with E-state index in [1.54, 1.807) is 0 Å². The van der Waals surface area contributed by atoms with Crippen molar-refractivity contribution in [3.63, 3.8) is 0 Å². The van der Waals surface area contributed by atoms with Crippen LogP contribution in [0.15, 0.2) is 12.2 Å². The predicted molar refractivity (Wildman–Crippen MR) is 69.8 cm³/mol. The van der Waals surface area contributed by atoms with Crippen molar-refractivity contribution in [1.29, 1.82) is 0 Å². The lowest BCUT2D eigenvalue weighted by atomic mass is 9.92. The van der Waals surface area contributed by atoms with Crippen LogP contribution in [0.1, 0.15) is 39.0 Å². The Morgan fingerprint density at radius 2 is 2.29 bits per heavy atom. The van der Waals surface area contributed by atoms with Gasteiger partial charge in [-0.3, -0.25) is 4.79 Å². The zero-order valence-corrected chi connectivity index (χ0v) is 10.8. The van der Waals surface area contributed by atoms with Gasteiger partial charge in [0.25, 0.3) is 0 Å². The third kappa shape index (κ3) is 3.32. The maximum absolute atomic E-state index is 12.2. The molecule has 3 heteroatoms. The topological polar surface area (TPSA) is 32.3 Å². The lowest BCUT2D eigenvalue weighted by Crippen LogP contribution is -2.51. The van der Waals surface area contributed by atoms with Crippen molar-refractivity contribution in [2.24, 2.45) is 5.92 Å². The van der Waals surface area contributed by atoms with Crippen molar-refractivity contribution in [1.82, 2.24) is 10.2 Å². The standard InChI is InChI=1S/C14H24N2O/c1-2-15-13-9-6-10-16(14(13)17)11-12-7-4-3-5-8-12/h3-4,12-13,15H,2,5-11H2,1H3. The van der Waals surface area contributed by atoms with E-state index in [1.807, 2.05) is 0 Å². The lowest BCUT2D eigenvalue weighted by Gasteiger charge is -2.35. The van der Waals surface area contributed by atoms with Crippen LogP contribution in [0.5, 0.6) is 0 Å². The van der Waals surface area contributed by atoms with E-state index in [0.29, 0.717) is 11.8 Å². The summed E-state index contributed by atoms with van der Waals surface area (Å²) in [6.45, 7) is 4.88. The summed E-state index contributed by atoms with van der Waals surface area (Å²) in [7, 11) is 0. The van der Waals surface area contributed by atoms with Gasteiger partial charge in [0, 0.05) is 13.1 Å². The highest BCUT2D eigenvalue weighted by atomic mass is 16.2. The maximum atomic E-state index is 12.2. The third-order valence-electron chi connectivity index (χ3n) is 3.84. The number of nitrogens with one attached hydrogen (secondary N) is 1. The molecular weight excluding hydrogens is 212 g/mol. The summed E-state index contributed by atoms with van der Waals surface area (Å²) in [5, 5.41) is 3.30. The first-order chi connectivity index (χ1) is 8.31. The molecule has 2 atom stereocenters. The van der Waals surface area contributed by atoms with Gasteiger partial charge in [0.1, 0.15) is 0 Å². The first kappa shape index (κ1) is 12.6. The quantitative estimate of drug-likeness (QED) is 0.757. The van der Waals surface area contributed by atoms with Gasteiger partial charge in [-0.15, -0.1) is 0 Å². The third-order valence-corrected chi connectivity index (χ3v) is 3.84. The van der Waals surface area contributed by atoms with Gasteiger partial charge in [-0.1, -0.05) is 19.1 Å². The van der Waals surface area contributed by atoms with Crippen molar-refractivity contribution < 1.29 is 4.79 Å². The molecule has 1 N–H and O–H groups in total. The summed E-state index contributed by atoms with van der Waals surface area (Å²) < 4.78 is 0. The van der Waals surface area contributed by atoms with Gasteiger partial charge in [-0.2, -0.15) is 0 Å². The van der Waals surface area contributed by atoms with Gasteiger partial charge >= 0.3 is 0 Å². The molecule has 1 fully saturated rings. The number of hydrogen-bond donors (Lipinski definition) is 1. The van der Waals surface area contributed by atoms with E-state index in [2.05, 4.69) is 29.3 Å². The van der Waals surface area contributed by atoms with Crippen LogP contribution in [0.25, 0.3) is 0 Å². The van der Waals surface area contributed by atoms with Gasteiger partial charge in [-0.25, -0.2) is 0 Å². The van der Waals surface area contributed by atoms with Crippen LogP contribution in [0.2, 0.25) is 0 Å². The Kier molecular flexibility index (Phi) is 4.60. The highest BCUT2D eigenvalue weighted by molar-refractivity contribution is 5.82. The Bertz CT molecular complexity index is 286. The van der Waals surface area contributed by atoms with E-state index < -0.39 is 0 Å². The van der Waals surface area contributed by atoms with E-state index in [0.717, 1.165) is 38.9 Å². The number of nitrogens with zero attached hydrogens (tertiary/aromatic N) is 1. The van der Waals surface area contributed by atoms with Crippen LogP contribution in [0.4, 0.5) is 0 Å². The Morgan fingerprint density at radius 3 is 3.00 bits per heavy atom. The summed E-state index contributed by atoms with van der Waals surface area (Å²) in [5.74, 6) is 1.01. The molecule has 1 saturated heterocycles. The molecule has 2 aliphatic rings. The summed E-state index contributed by atoms with van der Waals surface area (Å²) in [5.41, 5.74) is 0. The molecular formula is C14H24N2O. The van der Waals surface area contributed by atoms with E-state index in [9.17, 15) is 4.79 Å². The minimum absolute atomic E-state index is 0.0767. The second kappa shape index (κ2) is 6.20. The van der Waals surface area contributed by atoms with Crippen LogP contribution in [-0.4, -0.2) is 36.5 Å². The van der Waals surface area contributed by atoms with Gasteiger partial charge in [0.2, 0.25) is 5.91 Å². The molecule has 96 valence electrons. The van der Waals surface area contributed by atoms with Crippen molar-refractivity contribution in [3.05, 3.63) is 12.2 Å². The molecule has 3 nitrogen and oxygen atoms in total. The van der Waals surface area contributed by atoms with E-state index >= 15 is 0 Å². The van der Waals surface area contributed by atoms with E-state index in [1.165, 1.54) is 12.8 Å². The van der Waals surface area contributed by atoms with Crippen LogP contribution < -0.4 is 5.32 Å². The van der Waals surface area contributed by atoms with Gasteiger partial charge in [0.15, 0.2) is 0 Å². The molecule has 0 aromatic heterocycles. The Morgan fingerprint density at radius 1 is 1.41 bits per heavy atom. The number of carbonyl (C=O) groups is 1. The fourth-order valence-corrected chi connectivity index (χ4v) is 2.89. The second-order valence-electron chi connectivity index (χ2n) is 5.19. The second-order valence-corrected chi connectivity index (χ2v) is 5.19. The molecule has 0 bridgehead atoms. The predicted octanol–water partition coefficient (Wildman–Crippen LogP) is 1.94. The highest BCUT2D eigenvalue weighted by Crippen LogP contribution is 2.21. The molecule has 0 aromatic carbocycles. The fraction of sp³-hybridized carbons (Fsp3) is 0.786. The molecule has 1 heterocycles. The molecule has 0 saturated carbocycles. The number of allylic oxidation sites excluding steroid dienone is 2. The number of rotatable bonds is 4. The van der Waals surface area contributed by atoms with Crippen LogP contribution in [-0.2, 0) is 4.79 Å². The Labute approximate surface area is 104 Å². The van der Waals surface area contributed by atoms with Gasteiger partial charge in [0.05, 0.1) is 6.04 Å². The average molecular weight is 236 g/mol. The molecule has 0 radical (unpaired) electrons. The molecule has 0 spiro atoms. The number of hydrogen-bond acceptors (Lipinski definition) is 2. The molecule has 1 amide bonds. The number of piperidine rings is 1. The monoisotopic (exact) mass is 236 g/mol. The lowest BCUT2D eigenvalue weighted by molar-refractivity contribution is -0.136. The molecule has 2 unspecified atom stereocenters. The number of amides is 1. The summed E-state index contributed by atoms with van der Waals surface area (Å²) in [6, 6.07) is 0.0767. The smallest absolute Gasteiger partial charge is 0.239 e. The number of likely N-dealkylation sites (tertiary alicyclic amines) is 1. The molecule has 1 aliphatic heterocycles. The largest absolute Gasteiger partial charge is 0.341 e. The Hall–Kier alpha value is -0.830. The number of carbonyl (C=O) groups excluding carboxylic acids is 1.